The summed E-state index contributed by atoms with van der Waals surface area (Å²) in [6.45, 7) is 0. The van der Waals surface area contributed by atoms with E-state index in [1.54, 1.807) is 0 Å². The molecular weight excluding hydrogens is 1810 g/mol. The molecule has 0 radical (unpaired) electrons. The molecule has 24 aromatic carbocycles. The van der Waals surface area contributed by atoms with Crippen molar-refractivity contribution < 1.29 is 17.7 Å². The molecule has 5 aromatic heterocycles. The number of hydrogen-bond acceptors (Lipinski definition) is 11. The molecule has 11 heteroatoms. The summed E-state index contributed by atoms with van der Waals surface area (Å²) in [7, 11) is 0. The molecule has 690 valence electrons. The monoisotopic (exact) mass is 1900 g/mol. The van der Waals surface area contributed by atoms with Gasteiger partial charge in [0.05, 0.1) is 0 Å². The molecule has 0 N–H and O–H groups in total. The van der Waals surface area contributed by atoms with Crippen molar-refractivity contribution in [2.75, 3.05) is 14.7 Å². The SMILES string of the molecule is c1ccc(-c2cccc(N(c3ccc4oc5ccccc5c4c3)c3ccc4ccc5ccc6nc(-c7ccccc7)oc6c5c4c3)c2)cc1.c1ccc(-c2cccc(N(c3cccc(-c4ccccc4)c3)c3ccc4ccc5ccc6nc(-c7ccccc7)oc6c5c4c3)c2)cc1.c1ccc(-c2nc3ccc4ccc5ccc(N(c6ccc7c(c6)-c6ccccc6C7)c6ccc7sc8ccccc8c7c6)cc5c4c3o2)cc1. The Bertz CT molecular complexity index is 10100. The van der Waals surface area contributed by atoms with Gasteiger partial charge in [-0.25, -0.2) is 15.0 Å². The highest BCUT2D eigenvalue weighted by atomic mass is 32.1. The van der Waals surface area contributed by atoms with Gasteiger partial charge in [0.25, 0.3) is 0 Å². The molecule has 0 saturated heterocycles. The normalized spacial score (nSPS) is 11.8. The van der Waals surface area contributed by atoms with Crippen LogP contribution in [0.15, 0.2) is 527 Å². The predicted molar refractivity (Wildman–Crippen MR) is 612 cm³/mol. The topological polar surface area (TPSA) is 101 Å². The van der Waals surface area contributed by atoms with Crippen molar-refractivity contribution in [3.8, 4) is 78.9 Å². The molecule has 0 saturated carbocycles. The lowest BCUT2D eigenvalue weighted by Gasteiger charge is -2.27. The lowest BCUT2D eigenvalue weighted by molar-refractivity contribution is 0.623. The second-order valence-electron chi connectivity index (χ2n) is 37.6. The van der Waals surface area contributed by atoms with Gasteiger partial charge in [-0.1, -0.05) is 322 Å². The lowest BCUT2D eigenvalue weighted by atomic mass is 9.99. The number of hydrogen-bond donors (Lipinski definition) is 0. The third-order valence-corrected chi connectivity index (χ3v) is 29.9. The van der Waals surface area contributed by atoms with Gasteiger partial charge in [0, 0.05) is 115 Å². The van der Waals surface area contributed by atoms with E-state index in [0.717, 1.165) is 200 Å². The Morgan fingerprint density at radius 3 is 0.939 bits per heavy atom. The van der Waals surface area contributed by atoms with E-state index in [0.29, 0.717) is 17.7 Å². The number of para-hydroxylation sites is 1. The predicted octanol–water partition coefficient (Wildman–Crippen LogP) is 38.7. The molecule has 5 heterocycles. The highest BCUT2D eigenvalue weighted by Crippen LogP contribution is 2.51. The molecule has 29 aromatic rings. The third-order valence-electron chi connectivity index (χ3n) is 28.8. The number of benzene rings is 24. The minimum Gasteiger partial charge on any atom is -0.456 e. The Balaban J connectivity index is 0.000000107. The first kappa shape index (κ1) is 85.6. The Labute approximate surface area is 849 Å². The molecule has 10 nitrogen and oxygen atoms in total. The first-order valence-corrected chi connectivity index (χ1v) is 50.5. The molecule has 1 aliphatic rings. The molecule has 0 fully saturated rings. The number of aromatic nitrogens is 3. The van der Waals surface area contributed by atoms with Crippen molar-refractivity contribution in [2.24, 2.45) is 0 Å². The molecule has 30 rings (SSSR count). The number of anilines is 9. The van der Waals surface area contributed by atoms with Crippen LogP contribution in [-0.4, -0.2) is 15.0 Å². The molecule has 0 bridgehead atoms. The molecule has 0 amide bonds. The van der Waals surface area contributed by atoms with Crippen molar-refractivity contribution in [1.82, 2.24) is 15.0 Å². The Morgan fingerprint density at radius 1 is 0.184 bits per heavy atom. The lowest BCUT2D eigenvalue weighted by Crippen LogP contribution is -2.10. The second-order valence-corrected chi connectivity index (χ2v) is 38.7. The maximum absolute atomic E-state index is 6.59. The summed E-state index contributed by atoms with van der Waals surface area (Å²) in [5.41, 5.74) is 31.8. The average Bonchev–Trinajstić information content (AvgIpc) is 1.65. The summed E-state index contributed by atoms with van der Waals surface area (Å²) in [5, 5.41) is 18.1. The van der Waals surface area contributed by atoms with Crippen molar-refractivity contribution in [3.05, 3.63) is 521 Å². The van der Waals surface area contributed by atoms with Crippen LogP contribution in [0.25, 0.3) is 219 Å². The molecule has 0 unspecified atom stereocenters. The van der Waals surface area contributed by atoms with Crippen LogP contribution in [0, 0.1) is 0 Å². The molecule has 147 heavy (non-hydrogen) atoms. The summed E-state index contributed by atoms with van der Waals surface area (Å²) >= 11 is 1.85. The largest absolute Gasteiger partial charge is 0.456 e. The maximum atomic E-state index is 6.59. The quantitative estimate of drug-likeness (QED) is 0.0923. The standard InChI is InChI=1S/C46H28N2OS.C45H28N2O2.C45H30N2O/c1-2-8-30(9-3-1)46-47-41-22-18-29-15-14-28-16-19-34(26-39(28)44(29)45(41)49-46)48(33-20-17-32-24-31-10-4-5-11-36(31)38(32)25-33)35-21-23-43-40(27-35)37-12-6-7-13-42(37)50-43;1-3-10-29(11-4-1)33-14-9-15-34(26-33)47(36-23-25-42-39(28-36)37-16-7-8-17-41(37)48-42)35-22-20-30-18-19-31-21-24-40-44(43(31)38(30)27-35)49-45(46-40)32-12-5-2-6-13-32;1-4-12-31(13-5-1)36-18-10-20-38(28-36)47(39-21-11-19-37(29-39)32-14-6-2-7-15-32)40-26-24-33-22-23-34-25-27-42-44(43(34)41(33)30-40)48-45(46-42)35-16-8-3-9-17-35/h1-23,25-27H,24H2;1-28H;1-30H. The number of rotatable bonds is 15. The zero-order valence-electron chi connectivity index (χ0n) is 79.4. The summed E-state index contributed by atoms with van der Waals surface area (Å²) in [5.74, 6) is 1.89. The molecule has 0 spiro atoms. The summed E-state index contributed by atoms with van der Waals surface area (Å²) in [4.78, 5) is 21.8. The first-order valence-electron chi connectivity index (χ1n) is 49.7. The molecule has 1 aliphatic carbocycles. The number of furan rings is 1. The minimum absolute atomic E-state index is 0.622. The summed E-state index contributed by atoms with van der Waals surface area (Å²) < 4.78 is 28.5. The van der Waals surface area contributed by atoms with Crippen molar-refractivity contribution in [2.45, 2.75) is 6.42 Å². The van der Waals surface area contributed by atoms with E-state index in [4.69, 9.17) is 32.6 Å². The number of oxazole rings is 3. The summed E-state index contributed by atoms with van der Waals surface area (Å²) in [6, 6.07) is 180. The fourth-order valence-electron chi connectivity index (χ4n) is 21.7. The fourth-order valence-corrected chi connectivity index (χ4v) is 22.8. The summed E-state index contributed by atoms with van der Waals surface area (Å²) in [6.07, 6.45) is 0.971. The van der Waals surface area contributed by atoms with Gasteiger partial charge in [-0.3, -0.25) is 0 Å². The van der Waals surface area contributed by atoms with Gasteiger partial charge in [0.1, 0.15) is 27.7 Å². The minimum atomic E-state index is 0.622. The first-order chi connectivity index (χ1) is 72.8. The van der Waals surface area contributed by atoms with Gasteiger partial charge in [0.2, 0.25) is 17.7 Å². The van der Waals surface area contributed by atoms with Crippen LogP contribution in [0.5, 0.6) is 0 Å². The van der Waals surface area contributed by atoms with E-state index in [1.807, 2.05) is 114 Å². The van der Waals surface area contributed by atoms with E-state index in [9.17, 15) is 0 Å². The van der Waals surface area contributed by atoms with Gasteiger partial charge < -0.3 is 32.4 Å². The van der Waals surface area contributed by atoms with E-state index < -0.39 is 0 Å². The van der Waals surface area contributed by atoms with Gasteiger partial charge in [0.15, 0.2) is 16.7 Å². The van der Waals surface area contributed by atoms with Crippen LogP contribution < -0.4 is 14.7 Å². The average molecular weight is 1900 g/mol. The number of nitrogens with zero attached hydrogens (tertiary/aromatic N) is 6. The third kappa shape index (κ3) is 15.6. The van der Waals surface area contributed by atoms with Crippen LogP contribution in [0.4, 0.5) is 51.2 Å². The number of thiophene rings is 1. The van der Waals surface area contributed by atoms with Crippen LogP contribution in [0.2, 0.25) is 0 Å². The molecule has 0 aliphatic heterocycles. The van der Waals surface area contributed by atoms with E-state index in [-0.39, 0.29) is 0 Å². The van der Waals surface area contributed by atoms with Crippen molar-refractivity contribution >= 4 is 203 Å². The van der Waals surface area contributed by atoms with Crippen LogP contribution in [-0.2, 0) is 6.42 Å². The van der Waals surface area contributed by atoms with Gasteiger partial charge in [-0.05, 0) is 299 Å². The van der Waals surface area contributed by atoms with E-state index in [1.165, 1.54) is 70.2 Å². The van der Waals surface area contributed by atoms with Crippen molar-refractivity contribution in [1.29, 1.82) is 0 Å². The van der Waals surface area contributed by atoms with Gasteiger partial charge in [-0.2, -0.15) is 0 Å². The molecular formula is C136H86N6O4S. The zero-order chi connectivity index (χ0) is 96.9. The highest BCUT2D eigenvalue weighted by Gasteiger charge is 2.27. The van der Waals surface area contributed by atoms with Crippen LogP contribution in [0.1, 0.15) is 11.1 Å². The Hall–Kier alpha value is -19.3. The fraction of sp³-hybridized carbons (Fsp3) is 0.00735. The highest BCUT2D eigenvalue weighted by molar-refractivity contribution is 7.25. The number of fused-ring (bicyclic) bond motifs is 24. The smallest absolute Gasteiger partial charge is 0.227 e. The van der Waals surface area contributed by atoms with Gasteiger partial charge in [-0.15, -0.1) is 11.3 Å². The Kier molecular flexibility index (Phi) is 21.0. The van der Waals surface area contributed by atoms with Crippen LogP contribution in [0.3, 0.4) is 0 Å². The second kappa shape index (κ2) is 36.0. The van der Waals surface area contributed by atoms with Crippen LogP contribution >= 0.6 is 11.3 Å². The van der Waals surface area contributed by atoms with E-state index in [2.05, 4.69) is 421 Å². The maximum Gasteiger partial charge on any atom is 0.227 e. The zero-order valence-corrected chi connectivity index (χ0v) is 80.2. The van der Waals surface area contributed by atoms with E-state index >= 15 is 0 Å². The Morgan fingerprint density at radius 2 is 0.490 bits per heavy atom. The molecule has 0 atom stereocenters. The van der Waals surface area contributed by atoms with Crippen molar-refractivity contribution in [3.63, 3.8) is 0 Å². The van der Waals surface area contributed by atoms with Gasteiger partial charge >= 0.3 is 0 Å².